The summed E-state index contributed by atoms with van der Waals surface area (Å²) in [7, 11) is -4.60. The number of carbonyl (C=O) groups excluding carboxylic acids is 2. The first-order chi connectivity index (χ1) is 25.0. The first-order valence-electron chi connectivity index (χ1n) is 19.5. The molecule has 6 unspecified atom stereocenters. The Labute approximate surface area is 312 Å². The molecule has 0 aliphatic carbocycles. The van der Waals surface area contributed by atoms with Gasteiger partial charge in [0.25, 0.3) is 10.1 Å². The first-order valence-corrected chi connectivity index (χ1v) is 21.2. The molecule has 1 rings (SSSR count). The summed E-state index contributed by atoms with van der Waals surface area (Å²) < 4.78 is 53.8. The van der Waals surface area contributed by atoms with Crippen LogP contribution in [-0.4, -0.2) is 96.0 Å². The zero-order chi connectivity index (χ0) is 38.5. The zero-order valence-corrected chi connectivity index (χ0v) is 32.5. The van der Waals surface area contributed by atoms with E-state index in [0.717, 1.165) is 89.9 Å². The van der Waals surface area contributed by atoms with E-state index >= 15 is 0 Å². The molecule has 0 bridgehead atoms. The van der Waals surface area contributed by atoms with Crippen LogP contribution in [0.15, 0.2) is 36.5 Å². The number of esters is 2. The fourth-order valence-electron chi connectivity index (χ4n) is 5.58. The van der Waals surface area contributed by atoms with Crippen molar-refractivity contribution in [3.8, 4) is 0 Å². The monoisotopic (exact) mass is 760 g/mol. The second-order valence-electron chi connectivity index (χ2n) is 13.6. The molecule has 1 heterocycles. The van der Waals surface area contributed by atoms with Gasteiger partial charge in [-0.25, -0.2) is 0 Å². The third-order valence-electron chi connectivity index (χ3n) is 8.67. The minimum atomic E-state index is -4.60. The van der Waals surface area contributed by atoms with Crippen molar-refractivity contribution in [3.05, 3.63) is 36.5 Å². The first kappa shape index (κ1) is 47.9. The average Bonchev–Trinajstić information content (AvgIpc) is 3.10. The largest absolute Gasteiger partial charge is 0.462 e. The van der Waals surface area contributed by atoms with Gasteiger partial charge in [0.15, 0.2) is 12.4 Å². The van der Waals surface area contributed by atoms with Crippen molar-refractivity contribution in [1.29, 1.82) is 0 Å². The molecule has 52 heavy (non-hydrogen) atoms. The number of ether oxygens (including phenoxy) is 4. The summed E-state index contributed by atoms with van der Waals surface area (Å²) in [4.78, 5) is 25.2. The van der Waals surface area contributed by atoms with E-state index in [1.807, 2.05) is 0 Å². The van der Waals surface area contributed by atoms with Gasteiger partial charge in [0.2, 0.25) is 0 Å². The highest BCUT2D eigenvalue weighted by Gasteiger charge is 2.46. The van der Waals surface area contributed by atoms with E-state index in [1.165, 1.54) is 12.8 Å². The molecule has 302 valence electrons. The van der Waals surface area contributed by atoms with Gasteiger partial charge in [-0.2, -0.15) is 8.42 Å². The van der Waals surface area contributed by atoms with Crippen molar-refractivity contribution < 1.29 is 56.8 Å². The maximum atomic E-state index is 12.7. The lowest BCUT2D eigenvalue weighted by Gasteiger charge is -2.40. The summed E-state index contributed by atoms with van der Waals surface area (Å²) in [5.41, 5.74) is 0. The van der Waals surface area contributed by atoms with Gasteiger partial charge in [-0.15, -0.1) is 0 Å². The van der Waals surface area contributed by atoms with Crippen LogP contribution in [0.1, 0.15) is 142 Å². The van der Waals surface area contributed by atoms with E-state index in [-0.39, 0.29) is 19.4 Å². The molecule has 1 aliphatic heterocycles. The molecule has 12 nitrogen and oxygen atoms in total. The number of aliphatic hydroxyl groups is 3. The molecule has 0 saturated carbocycles. The number of hydrogen-bond donors (Lipinski definition) is 4. The van der Waals surface area contributed by atoms with Crippen LogP contribution in [0.4, 0.5) is 0 Å². The van der Waals surface area contributed by atoms with Crippen molar-refractivity contribution in [2.24, 2.45) is 0 Å². The normalized spacial score (nSPS) is 21.7. The number of hydrogen-bond acceptors (Lipinski definition) is 11. The molecule has 0 aromatic heterocycles. The summed E-state index contributed by atoms with van der Waals surface area (Å²) in [5.74, 6) is -2.02. The van der Waals surface area contributed by atoms with E-state index in [1.54, 1.807) is 0 Å². The smallest absolute Gasteiger partial charge is 0.306 e. The van der Waals surface area contributed by atoms with E-state index in [0.29, 0.717) is 12.8 Å². The Kier molecular flexibility index (Phi) is 27.8. The quantitative estimate of drug-likeness (QED) is 0.0255. The number of allylic oxidation sites excluding steroid dienone is 6. The van der Waals surface area contributed by atoms with Crippen molar-refractivity contribution >= 4 is 22.1 Å². The Morgan fingerprint density at radius 3 is 1.79 bits per heavy atom. The van der Waals surface area contributed by atoms with Crippen molar-refractivity contribution in [2.45, 2.75) is 179 Å². The second kappa shape index (κ2) is 30.2. The number of carbonyl (C=O) groups is 2. The Morgan fingerprint density at radius 1 is 0.654 bits per heavy atom. The highest BCUT2D eigenvalue weighted by molar-refractivity contribution is 7.85. The lowest BCUT2D eigenvalue weighted by Crippen LogP contribution is -2.60. The van der Waals surface area contributed by atoms with E-state index in [2.05, 4.69) is 50.3 Å². The van der Waals surface area contributed by atoms with E-state index < -0.39 is 71.2 Å². The van der Waals surface area contributed by atoms with E-state index in [9.17, 15) is 37.9 Å². The van der Waals surface area contributed by atoms with Gasteiger partial charge in [-0.3, -0.25) is 14.1 Å². The Bertz CT molecular complexity index is 1120. The molecule has 6 atom stereocenters. The zero-order valence-electron chi connectivity index (χ0n) is 31.7. The average molecular weight is 761 g/mol. The standard InChI is InChI=1S/C39H68O12S/c1-3-5-7-9-11-13-15-16-18-20-22-24-26-28-35(41)50-32(29-48-34(40)27-25-23-21-19-17-14-12-10-8-6-4-2)30-49-39-38(44)37(43)36(42)33(51-39)31-52(45,46)47/h7,9-10,12-13,15,32-33,36-39,42-44H,3-6,8,11,14,16-31H2,1-2H3,(H,45,46,47)/b9-7-,12-10-,15-13-. The summed E-state index contributed by atoms with van der Waals surface area (Å²) in [6.45, 7) is 3.60. The Morgan fingerprint density at radius 2 is 1.19 bits per heavy atom. The van der Waals surface area contributed by atoms with Gasteiger partial charge < -0.3 is 34.3 Å². The molecular formula is C39H68O12S. The predicted molar refractivity (Wildman–Crippen MR) is 201 cm³/mol. The van der Waals surface area contributed by atoms with Crippen LogP contribution in [0.25, 0.3) is 0 Å². The molecule has 1 saturated heterocycles. The topological polar surface area (TPSA) is 186 Å². The number of unbranched alkanes of at least 4 members (excludes halogenated alkanes) is 13. The van der Waals surface area contributed by atoms with Crippen LogP contribution < -0.4 is 0 Å². The maximum absolute atomic E-state index is 12.7. The number of rotatable bonds is 31. The maximum Gasteiger partial charge on any atom is 0.306 e. The molecule has 4 N–H and O–H groups in total. The third-order valence-corrected chi connectivity index (χ3v) is 9.42. The van der Waals surface area contributed by atoms with Gasteiger partial charge in [0, 0.05) is 12.8 Å². The summed E-state index contributed by atoms with van der Waals surface area (Å²) in [5, 5.41) is 30.7. The molecule has 0 aromatic rings. The van der Waals surface area contributed by atoms with Crippen LogP contribution in [0, 0.1) is 0 Å². The SMILES string of the molecule is CCC/C=C\C/C=C\CCCCCCCC(=O)OC(COC(=O)CCCCCCC/C=C\CCCC)COC1OC(CS(=O)(=O)O)C(O)C(O)C1O. The summed E-state index contributed by atoms with van der Waals surface area (Å²) in [6.07, 6.45) is 22.1. The highest BCUT2D eigenvalue weighted by atomic mass is 32.2. The van der Waals surface area contributed by atoms with Crippen molar-refractivity contribution in [2.75, 3.05) is 19.0 Å². The van der Waals surface area contributed by atoms with Gasteiger partial charge >= 0.3 is 11.9 Å². The number of aliphatic hydroxyl groups excluding tert-OH is 3. The molecule has 1 fully saturated rings. The van der Waals surface area contributed by atoms with Crippen LogP contribution in [0.3, 0.4) is 0 Å². The van der Waals surface area contributed by atoms with Crippen molar-refractivity contribution in [1.82, 2.24) is 0 Å². The Hall–Kier alpha value is -2.13. The fourth-order valence-corrected chi connectivity index (χ4v) is 6.27. The van der Waals surface area contributed by atoms with Crippen LogP contribution in [0.2, 0.25) is 0 Å². The van der Waals surface area contributed by atoms with Crippen LogP contribution in [-0.2, 0) is 38.7 Å². The lowest BCUT2D eigenvalue weighted by molar-refractivity contribution is -0.297. The molecule has 0 spiro atoms. The van der Waals surface area contributed by atoms with Crippen LogP contribution >= 0.6 is 0 Å². The third kappa shape index (κ3) is 25.0. The minimum absolute atomic E-state index is 0.146. The predicted octanol–water partition coefficient (Wildman–Crippen LogP) is 6.66. The van der Waals surface area contributed by atoms with Crippen LogP contribution in [0.5, 0.6) is 0 Å². The van der Waals surface area contributed by atoms with Gasteiger partial charge in [0.05, 0.1) is 6.61 Å². The molecule has 13 heteroatoms. The summed E-state index contributed by atoms with van der Waals surface area (Å²) >= 11 is 0. The lowest BCUT2D eigenvalue weighted by atomic mass is 10.00. The van der Waals surface area contributed by atoms with Gasteiger partial charge in [-0.05, 0) is 57.8 Å². The molecule has 1 aliphatic rings. The second-order valence-corrected chi connectivity index (χ2v) is 15.1. The van der Waals surface area contributed by atoms with Gasteiger partial charge in [-0.1, -0.05) is 108 Å². The molecule has 0 radical (unpaired) electrons. The molecular weight excluding hydrogens is 692 g/mol. The summed E-state index contributed by atoms with van der Waals surface area (Å²) in [6, 6.07) is 0. The van der Waals surface area contributed by atoms with Gasteiger partial charge in [0.1, 0.15) is 36.8 Å². The van der Waals surface area contributed by atoms with E-state index in [4.69, 9.17) is 18.9 Å². The minimum Gasteiger partial charge on any atom is -0.462 e. The Balaban J connectivity index is 2.54. The molecule has 0 aromatic carbocycles. The fraction of sp³-hybridized carbons (Fsp3) is 0.795. The highest BCUT2D eigenvalue weighted by Crippen LogP contribution is 2.24. The molecule has 0 amide bonds. The van der Waals surface area contributed by atoms with Crippen molar-refractivity contribution in [3.63, 3.8) is 0 Å².